The lowest BCUT2D eigenvalue weighted by molar-refractivity contribution is 1.12. The Balaban J connectivity index is 1.71. The van der Waals surface area contributed by atoms with Crippen LogP contribution in [0.25, 0.3) is 53.6 Å². The number of nitrogens with one attached hydrogen (secondary N) is 2. The zero-order valence-corrected chi connectivity index (χ0v) is 15.4. The number of H-pyrrole nitrogens is 2. The molecule has 134 valence electrons. The molecule has 0 radical (unpaired) electrons. The minimum Gasteiger partial charge on any atom is -0.368 e. The third-order valence-electron chi connectivity index (χ3n) is 5.01. The zero-order chi connectivity index (χ0) is 18.7. The number of fused-ring (bicyclic) bond motifs is 3. The molecule has 0 bridgehead atoms. The fourth-order valence-corrected chi connectivity index (χ4v) is 4.86. The van der Waals surface area contributed by atoms with Crippen LogP contribution in [0.5, 0.6) is 0 Å². The number of nitrogen functional groups attached to an aromatic ring is 1. The lowest BCUT2D eigenvalue weighted by Gasteiger charge is -2.09. The van der Waals surface area contributed by atoms with Crippen LogP contribution in [-0.4, -0.2) is 25.1 Å². The minimum absolute atomic E-state index is 0.263. The molecular formula is C21H14N6S. The summed E-state index contributed by atoms with van der Waals surface area (Å²) in [7, 11) is 0. The van der Waals surface area contributed by atoms with Crippen molar-refractivity contribution in [2.24, 2.45) is 0 Å². The second-order valence-corrected chi connectivity index (χ2v) is 7.75. The molecule has 6 rings (SSSR count). The summed E-state index contributed by atoms with van der Waals surface area (Å²) in [6, 6.07) is 14.9. The third-order valence-corrected chi connectivity index (χ3v) is 6.15. The van der Waals surface area contributed by atoms with Crippen LogP contribution in [0.1, 0.15) is 0 Å². The van der Waals surface area contributed by atoms with E-state index in [1.807, 2.05) is 12.4 Å². The number of aromatic nitrogens is 5. The smallest absolute Gasteiger partial charge is 0.220 e. The molecule has 0 amide bonds. The molecule has 7 heteroatoms. The van der Waals surface area contributed by atoms with Gasteiger partial charge in [0.25, 0.3) is 0 Å². The van der Waals surface area contributed by atoms with Crippen molar-refractivity contribution < 1.29 is 0 Å². The molecule has 0 saturated carbocycles. The van der Waals surface area contributed by atoms with Crippen molar-refractivity contribution in [3.63, 3.8) is 0 Å². The molecule has 4 N–H and O–H groups in total. The molecule has 0 aliphatic heterocycles. The molecule has 0 unspecified atom stereocenters. The van der Waals surface area contributed by atoms with Gasteiger partial charge in [0.2, 0.25) is 5.95 Å². The molecule has 0 spiro atoms. The second kappa shape index (κ2) is 5.64. The van der Waals surface area contributed by atoms with E-state index in [1.165, 1.54) is 15.0 Å². The standard InChI is InChI=1S/C21H14N6S/c22-21-24-10-15-20(26-21)14(9-23-15)13-6-5-12-8-25-27-19(12)18(13)17-7-11-3-1-2-4-16(11)28-17/h1-10,23H,(H,25,27)(H2,22,24,26). The summed E-state index contributed by atoms with van der Waals surface area (Å²) < 4.78 is 1.26. The minimum atomic E-state index is 0.263. The maximum atomic E-state index is 5.85. The molecule has 0 aliphatic rings. The maximum Gasteiger partial charge on any atom is 0.220 e. The van der Waals surface area contributed by atoms with Gasteiger partial charge in [-0.2, -0.15) is 5.10 Å². The summed E-state index contributed by atoms with van der Waals surface area (Å²) >= 11 is 1.77. The number of hydrogen-bond donors (Lipinski definition) is 3. The molecule has 0 saturated heterocycles. The predicted octanol–water partition coefficient (Wildman–Crippen LogP) is 4.97. The quantitative estimate of drug-likeness (QED) is 0.394. The Hall–Kier alpha value is -3.71. The molecule has 6 nitrogen and oxygen atoms in total. The highest BCUT2D eigenvalue weighted by Crippen LogP contribution is 2.43. The van der Waals surface area contributed by atoms with E-state index in [4.69, 9.17) is 5.73 Å². The van der Waals surface area contributed by atoms with Crippen molar-refractivity contribution in [3.05, 3.63) is 61.1 Å². The van der Waals surface area contributed by atoms with E-state index >= 15 is 0 Å². The summed E-state index contributed by atoms with van der Waals surface area (Å²) in [5.74, 6) is 0.263. The first-order chi connectivity index (χ1) is 13.8. The Bertz CT molecular complexity index is 1460. The molecular weight excluding hydrogens is 368 g/mol. The Morgan fingerprint density at radius 2 is 1.89 bits per heavy atom. The van der Waals surface area contributed by atoms with Crippen molar-refractivity contribution in [1.82, 2.24) is 25.1 Å². The van der Waals surface area contributed by atoms with Crippen LogP contribution >= 0.6 is 11.3 Å². The SMILES string of the molecule is Nc1ncc2[nH]cc(-c3ccc4cn[nH]c4c3-c3cc4ccccc4s3)c2n1. The Morgan fingerprint density at radius 1 is 0.964 bits per heavy atom. The topological polar surface area (TPSA) is 96.3 Å². The number of aromatic amines is 2. The van der Waals surface area contributed by atoms with Gasteiger partial charge < -0.3 is 10.7 Å². The summed E-state index contributed by atoms with van der Waals surface area (Å²) in [6.45, 7) is 0. The number of thiophene rings is 1. The van der Waals surface area contributed by atoms with Gasteiger partial charge in [0, 0.05) is 32.3 Å². The zero-order valence-electron chi connectivity index (χ0n) is 14.6. The van der Waals surface area contributed by atoms with E-state index in [9.17, 15) is 0 Å². The first-order valence-corrected chi connectivity index (χ1v) is 9.64. The first-order valence-electron chi connectivity index (χ1n) is 8.83. The summed E-state index contributed by atoms with van der Waals surface area (Å²) in [4.78, 5) is 13.0. The van der Waals surface area contributed by atoms with E-state index in [0.717, 1.165) is 38.6 Å². The van der Waals surface area contributed by atoms with Crippen LogP contribution in [0.4, 0.5) is 5.95 Å². The van der Waals surface area contributed by atoms with Crippen molar-refractivity contribution in [1.29, 1.82) is 0 Å². The number of nitrogens with two attached hydrogens (primary N) is 1. The summed E-state index contributed by atoms with van der Waals surface area (Å²) in [5, 5.41) is 9.75. The predicted molar refractivity (Wildman–Crippen MR) is 114 cm³/mol. The van der Waals surface area contributed by atoms with Gasteiger partial charge in [-0.15, -0.1) is 11.3 Å². The third kappa shape index (κ3) is 2.17. The fraction of sp³-hybridized carbons (Fsp3) is 0. The molecule has 28 heavy (non-hydrogen) atoms. The van der Waals surface area contributed by atoms with Crippen LogP contribution in [0, 0.1) is 0 Å². The second-order valence-electron chi connectivity index (χ2n) is 6.66. The van der Waals surface area contributed by atoms with Gasteiger partial charge in [0.1, 0.15) is 5.52 Å². The lowest BCUT2D eigenvalue weighted by Crippen LogP contribution is -1.94. The molecule has 0 atom stereocenters. The van der Waals surface area contributed by atoms with Crippen LogP contribution in [0.3, 0.4) is 0 Å². The Labute approximate surface area is 163 Å². The van der Waals surface area contributed by atoms with Crippen LogP contribution in [0.15, 0.2) is 61.1 Å². The number of rotatable bonds is 2. The van der Waals surface area contributed by atoms with E-state index in [-0.39, 0.29) is 5.95 Å². The number of hydrogen-bond acceptors (Lipinski definition) is 5. The fourth-order valence-electron chi connectivity index (χ4n) is 3.73. The van der Waals surface area contributed by atoms with Gasteiger partial charge in [-0.3, -0.25) is 5.10 Å². The molecule has 0 fully saturated rings. The van der Waals surface area contributed by atoms with Crippen molar-refractivity contribution in [2.45, 2.75) is 0 Å². The Morgan fingerprint density at radius 3 is 2.82 bits per heavy atom. The average Bonchev–Trinajstić information content (AvgIpc) is 3.44. The van der Waals surface area contributed by atoms with Crippen LogP contribution < -0.4 is 5.73 Å². The molecule has 4 aromatic heterocycles. The van der Waals surface area contributed by atoms with Crippen LogP contribution in [0.2, 0.25) is 0 Å². The Kier molecular flexibility index (Phi) is 3.09. The van der Waals surface area contributed by atoms with Gasteiger partial charge >= 0.3 is 0 Å². The highest BCUT2D eigenvalue weighted by molar-refractivity contribution is 7.22. The summed E-state index contributed by atoms with van der Waals surface area (Å²) in [5.41, 5.74) is 11.7. The number of anilines is 1. The highest BCUT2D eigenvalue weighted by atomic mass is 32.1. The van der Waals surface area contributed by atoms with E-state index in [2.05, 4.69) is 67.6 Å². The molecule has 2 aromatic carbocycles. The van der Waals surface area contributed by atoms with Crippen molar-refractivity contribution >= 4 is 49.3 Å². The maximum absolute atomic E-state index is 5.85. The summed E-state index contributed by atoms with van der Waals surface area (Å²) in [6.07, 6.45) is 5.54. The van der Waals surface area contributed by atoms with E-state index in [0.29, 0.717) is 0 Å². The largest absolute Gasteiger partial charge is 0.368 e. The van der Waals surface area contributed by atoms with Gasteiger partial charge in [0.05, 0.1) is 23.4 Å². The molecule has 6 aromatic rings. The average molecular weight is 382 g/mol. The monoisotopic (exact) mass is 382 g/mol. The normalized spacial score (nSPS) is 11.7. The van der Waals surface area contributed by atoms with E-state index in [1.54, 1.807) is 17.5 Å². The number of nitrogens with zero attached hydrogens (tertiary/aromatic N) is 3. The highest BCUT2D eigenvalue weighted by Gasteiger charge is 2.18. The van der Waals surface area contributed by atoms with Gasteiger partial charge in [-0.1, -0.05) is 30.3 Å². The molecule has 4 heterocycles. The number of benzene rings is 2. The van der Waals surface area contributed by atoms with Gasteiger partial charge in [-0.25, -0.2) is 9.97 Å². The van der Waals surface area contributed by atoms with Crippen molar-refractivity contribution in [2.75, 3.05) is 5.73 Å². The van der Waals surface area contributed by atoms with E-state index < -0.39 is 0 Å². The molecule has 0 aliphatic carbocycles. The first kappa shape index (κ1) is 15.4. The van der Waals surface area contributed by atoms with Crippen LogP contribution in [-0.2, 0) is 0 Å². The van der Waals surface area contributed by atoms with Gasteiger partial charge in [0.15, 0.2) is 0 Å². The van der Waals surface area contributed by atoms with Crippen molar-refractivity contribution in [3.8, 4) is 21.6 Å². The lowest BCUT2D eigenvalue weighted by atomic mass is 9.97. The van der Waals surface area contributed by atoms with Gasteiger partial charge in [-0.05, 0) is 23.1 Å².